The minimum Gasteiger partial charge on any atom is -0.496 e. The van der Waals surface area contributed by atoms with Gasteiger partial charge in [0.05, 0.1) is 25.5 Å². The van der Waals surface area contributed by atoms with Gasteiger partial charge >= 0.3 is 0 Å². The van der Waals surface area contributed by atoms with E-state index in [1.165, 1.54) is 5.56 Å². The summed E-state index contributed by atoms with van der Waals surface area (Å²) in [6.07, 6.45) is 2.66. The topological polar surface area (TPSA) is 70.5 Å². The highest BCUT2D eigenvalue weighted by molar-refractivity contribution is 5.77. The Kier molecular flexibility index (Phi) is 3.13. The van der Waals surface area contributed by atoms with Gasteiger partial charge in [0.2, 0.25) is 5.88 Å². The van der Waals surface area contributed by atoms with Gasteiger partial charge in [-0.1, -0.05) is 11.2 Å². The summed E-state index contributed by atoms with van der Waals surface area (Å²) in [5, 5.41) is 3.72. The predicted octanol–water partition coefficient (Wildman–Crippen LogP) is 2.44. The molecule has 1 aliphatic heterocycles. The first-order valence-corrected chi connectivity index (χ1v) is 6.26. The fraction of sp³-hybridized carbons (Fsp3) is 0.357. The number of nitrogens with two attached hydrogens (primary N) is 1. The molecule has 19 heavy (non-hydrogen) atoms. The highest BCUT2D eigenvalue weighted by Gasteiger charge is 2.20. The molecule has 0 amide bonds. The molecule has 0 radical (unpaired) electrons. The van der Waals surface area contributed by atoms with E-state index in [1.54, 1.807) is 13.3 Å². The monoisotopic (exact) mass is 260 g/mol. The zero-order valence-electron chi connectivity index (χ0n) is 10.8. The number of benzene rings is 1. The molecule has 5 nitrogen and oxygen atoms in total. The number of rotatable bonds is 3. The lowest BCUT2D eigenvalue weighted by Gasteiger charge is -2.13. The van der Waals surface area contributed by atoms with Gasteiger partial charge < -0.3 is 19.7 Å². The lowest BCUT2D eigenvalue weighted by molar-refractivity contribution is 0.194. The normalized spacial score (nSPS) is 18.7. The van der Waals surface area contributed by atoms with E-state index in [0.717, 1.165) is 36.5 Å². The van der Waals surface area contributed by atoms with Crippen molar-refractivity contribution < 1.29 is 14.0 Å². The Morgan fingerprint density at radius 3 is 2.89 bits per heavy atom. The van der Waals surface area contributed by atoms with Crippen LogP contribution in [0.4, 0.5) is 5.88 Å². The molecule has 2 N–H and O–H groups in total. The van der Waals surface area contributed by atoms with Crippen molar-refractivity contribution in [2.45, 2.75) is 12.3 Å². The fourth-order valence-corrected chi connectivity index (χ4v) is 2.44. The number of nitrogens with zero attached hydrogens (tertiary/aromatic N) is 1. The largest absolute Gasteiger partial charge is 0.496 e. The van der Waals surface area contributed by atoms with Crippen molar-refractivity contribution in [3.63, 3.8) is 0 Å². The Morgan fingerprint density at radius 2 is 2.26 bits per heavy atom. The van der Waals surface area contributed by atoms with Crippen LogP contribution in [0.5, 0.6) is 5.75 Å². The Balaban J connectivity index is 2.05. The van der Waals surface area contributed by atoms with Crippen molar-refractivity contribution in [2.24, 2.45) is 0 Å². The molecule has 0 saturated carbocycles. The van der Waals surface area contributed by atoms with Crippen LogP contribution in [-0.4, -0.2) is 25.5 Å². The molecule has 1 saturated heterocycles. The van der Waals surface area contributed by atoms with E-state index >= 15 is 0 Å². The zero-order chi connectivity index (χ0) is 13.2. The van der Waals surface area contributed by atoms with Crippen LogP contribution < -0.4 is 10.5 Å². The molecular formula is C14H16N2O3. The van der Waals surface area contributed by atoms with Gasteiger partial charge in [0, 0.05) is 18.1 Å². The molecule has 0 bridgehead atoms. The van der Waals surface area contributed by atoms with Gasteiger partial charge in [0.25, 0.3) is 0 Å². The van der Waals surface area contributed by atoms with E-state index < -0.39 is 0 Å². The fourth-order valence-electron chi connectivity index (χ4n) is 2.44. The molecule has 5 heteroatoms. The second-order valence-electron chi connectivity index (χ2n) is 4.62. The van der Waals surface area contributed by atoms with E-state index in [0.29, 0.717) is 11.8 Å². The first-order chi connectivity index (χ1) is 9.29. The third-order valence-corrected chi connectivity index (χ3v) is 3.51. The number of hydrogen-bond donors (Lipinski definition) is 1. The van der Waals surface area contributed by atoms with Crippen LogP contribution in [0.15, 0.2) is 28.9 Å². The summed E-state index contributed by atoms with van der Waals surface area (Å²) >= 11 is 0. The summed E-state index contributed by atoms with van der Waals surface area (Å²) in [4.78, 5) is 0. The number of nitrogen functional groups attached to an aromatic ring is 1. The van der Waals surface area contributed by atoms with Crippen LogP contribution in [0.3, 0.4) is 0 Å². The summed E-state index contributed by atoms with van der Waals surface area (Å²) in [6.45, 7) is 1.59. The Morgan fingerprint density at radius 1 is 1.37 bits per heavy atom. The second-order valence-corrected chi connectivity index (χ2v) is 4.62. The molecule has 1 unspecified atom stereocenters. The van der Waals surface area contributed by atoms with Crippen molar-refractivity contribution in [1.29, 1.82) is 0 Å². The predicted molar refractivity (Wildman–Crippen MR) is 71.1 cm³/mol. The Labute approximate surface area is 111 Å². The summed E-state index contributed by atoms with van der Waals surface area (Å²) in [5.74, 6) is 1.50. The third-order valence-electron chi connectivity index (χ3n) is 3.51. The molecule has 2 heterocycles. The van der Waals surface area contributed by atoms with Gasteiger partial charge in [-0.2, -0.15) is 0 Å². The van der Waals surface area contributed by atoms with Gasteiger partial charge in [-0.25, -0.2) is 0 Å². The summed E-state index contributed by atoms with van der Waals surface area (Å²) in [5.41, 5.74) is 8.69. The minimum atomic E-state index is 0.304. The van der Waals surface area contributed by atoms with E-state index in [1.807, 2.05) is 6.07 Å². The van der Waals surface area contributed by atoms with Gasteiger partial charge in [0.1, 0.15) is 5.75 Å². The first-order valence-electron chi connectivity index (χ1n) is 6.26. The quantitative estimate of drug-likeness (QED) is 0.917. The van der Waals surface area contributed by atoms with Gasteiger partial charge in [-0.3, -0.25) is 0 Å². The van der Waals surface area contributed by atoms with Crippen LogP contribution in [-0.2, 0) is 4.74 Å². The molecule has 3 rings (SSSR count). The maximum absolute atomic E-state index is 5.79. The van der Waals surface area contributed by atoms with Crippen molar-refractivity contribution >= 4 is 5.88 Å². The lowest BCUT2D eigenvalue weighted by atomic mass is 9.94. The second kappa shape index (κ2) is 4.93. The smallest absolute Gasteiger partial charge is 0.230 e. The molecule has 1 aromatic carbocycles. The van der Waals surface area contributed by atoms with E-state index in [2.05, 4.69) is 17.3 Å². The standard InChI is InChI=1S/C14H16N2O3/c1-17-13-3-2-9(10-4-5-18-8-10)6-11(13)12-7-16-19-14(12)15/h2-3,6-7,10H,4-5,8,15H2,1H3. The maximum atomic E-state index is 5.79. The molecule has 1 fully saturated rings. The van der Waals surface area contributed by atoms with Gasteiger partial charge in [-0.05, 0) is 24.1 Å². The average Bonchev–Trinajstić information content (AvgIpc) is 3.09. The van der Waals surface area contributed by atoms with Crippen LogP contribution >= 0.6 is 0 Å². The molecular weight excluding hydrogens is 244 g/mol. The third kappa shape index (κ3) is 2.17. The van der Waals surface area contributed by atoms with E-state index in [4.69, 9.17) is 19.7 Å². The molecule has 1 aromatic heterocycles. The maximum Gasteiger partial charge on any atom is 0.230 e. The SMILES string of the molecule is COc1ccc(C2CCOC2)cc1-c1cnoc1N. The molecule has 0 aliphatic carbocycles. The molecule has 0 spiro atoms. The highest BCUT2D eigenvalue weighted by atomic mass is 16.5. The Bertz CT molecular complexity index is 574. The molecule has 100 valence electrons. The van der Waals surface area contributed by atoms with Crippen LogP contribution in [0, 0.1) is 0 Å². The number of anilines is 1. The Hall–Kier alpha value is -2.01. The van der Waals surface area contributed by atoms with Crippen LogP contribution in [0.25, 0.3) is 11.1 Å². The number of hydrogen-bond acceptors (Lipinski definition) is 5. The number of aromatic nitrogens is 1. The van der Waals surface area contributed by atoms with Crippen molar-refractivity contribution in [3.05, 3.63) is 30.0 Å². The molecule has 1 atom stereocenters. The first kappa shape index (κ1) is 12.0. The minimum absolute atomic E-state index is 0.304. The summed E-state index contributed by atoms with van der Waals surface area (Å²) < 4.78 is 15.8. The summed E-state index contributed by atoms with van der Waals surface area (Å²) in [7, 11) is 1.64. The van der Waals surface area contributed by atoms with Crippen molar-refractivity contribution in [2.75, 3.05) is 26.1 Å². The number of ether oxygens (including phenoxy) is 2. The summed E-state index contributed by atoms with van der Waals surface area (Å²) in [6, 6.07) is 6.11. The van der Waals surface area contributed by atoms with Crippen LogP contribution in [0.2, 0.25) is 0 Å². The number of methoxy groups -OCH3 is 1. The van der Waals surface area contributed by atoms with Gasteiger partial charge in [-0.15, -0.1) is 0 Å². The molecule has 2 aromatic rings. The zero-order valence-corrected chi connectivity index (χ0v) is 10.8. The van der Waals surface area contributed by atoms with Crippen molar-refractivity contribution in [1.82, 2.24) is 5.16 Å². The highest BCUT2D eigenvalue weighted by Crippen LogP contribution is 2.37. The van der Waals surface area contributed by atoms with Gasteiger partial charge in [0.15, 0.2) is 0 Å². The van der Waals surface area contributed by atoms with E-state index in [9.17, 15) is 0 Å². The van der Waals surface area contributed by atoms with Crippen LogP contribution in [0.1, 0.15) is 17.9 Å². The van der Waals surface area contributed by atoms with E-state index in [-0.39, 0.29) is 0 Å². The molecule has 1 aliphatic rings. The lowest BCUT2D eigenvalue weighted by Crippen LogP contribution is -1.99. The average molecular weight is 260 g/mol. The van der Waals surface area contributed by atoms with Crippen molar-refractivity contribution in [3.8, 4) is 16.9 Å².